The molecule has 88 valence electrons. The molecule has 0 amide bonds. The molecule has 0 aromatic carbocycles. The molecule has 2 rings (SSSR count). The molecule has 2 aromatic heterocycles. The smallest absolute Gasteiger partial charge is 0.0416 e. The Hall–Kier alpha value is -1.74. The Balaban J connectivity index is 1.73. The number of rotatable bonds is 5. The third-order valence-electron chi connectivity index (χ3n) is 2.54. The third kappa shape index (κ3) is 3.96. The summed E-state index contributed by atoms with van der Waals surface area (Å²) in [5, 5.41) is 3.40. The highest BCUT2D eigenvalue weighted by Gasteiger charge is 1.95. The molecule has 17 heavy (non-hydrogen) atoms. The third-order valence-corrected chi connectivity index (χ3v) is 2.54. The quantitative estimate of drug-likeness (QED) is 0.795. The van der Waals surface area contributed by atoms with E-state index in [0.29, 0.717) is 0 Å². The van der Waals surface area contributed by atoms with Crippen molar-refractivity contribution >= 4 is 0 Å². The fourth-order valence-electron chi connectivity index (χ4n) is 1.71. The van der Waals surface area contributed by atoms with Crippen molar-refractivity contribution < 1.29 is 0 Å². The maximum Gasteiger partial charge on any atom is 0.0416 e. The second kappa shape index (κ2) is 6.11. The standard InChI is InChI=1S/C14H17N3/c1-12-8-13(11-16-9-12)10-15-7-5-14-4-2-3-6-17-14/h2-4,6,8-9,11,15H,5,7,10H2,1H3. The molecule has 2 heterocycles. The first-order chi connectivity index (χ1) is 8.34. The number of aromatic nitrogens is 2. The van der Waals surface area contributed by atoms with Gasteiger partial charge in [-0.3, -0.25) is 9.97 Å². The summed E-state index contributed by atoms with van der Waals surface area (Å²) < 4.78 is 0. The molecule has 0 aliphatic heterocycles. The molecule has 0 atom stereocenters. The molecule has 0 spiro atoms. The second-order valence-electron chi connectivity index (χ2n) is 4.12. The Morgan fingerprint density at radius 2 is 2.18 bits per heavy atom. The summed E-state index contributed by atoms with van der Waals surface area (Å²) in [5.74, 6) is 0. The summed E-state index contributed by atoms with van der Waals surface area (Å²) >= 11 is 0. The maximum atomic E-state index is 4.29. The van der Waals surface area contributed by atoms with Crippen molar-refractivity contribution in [3.8, 4) is 0 Å². The molecule has 0 bridgehead atoms. The van der Waals surface area contributed by atoms with Crippen LogP contribution in [-0.4, -0.2) is 16.5 Å². The lowest BCUT2D eigenvalue weighted by Crippen LogP contribution is -2.17. The van der Waals surface area contributed by atoms with Crippen LogP contribution in [0.2, 0.25) is 0 Å². The Bertz CT molecular complexity index is 454. The van der Waals surface area contributed by atoms with E-state index >= 15 is 0 Å². The van der Waals surface area contributed by atoms with Gasteiger partial charge in [0.1, 0.15) is 0 Å². The Morgan fingerprint density at radius 1 is 1.24 bits per heavy atom. The van der Waals surface area contributed by atoms with E-state index in [1.165, 1.54) is 11.1 Å². The van der Waals surface area contributed by atoms with Gasteiger partial charge in [0.15, 0.2) is 0 Å². The summed E-state index contributed by atoms with van der Waals surface area (Å²) in [6.07, 6.45) is 6.57. The topological polar surface area (TPSA) is 37.8 Å². The van der Waals surface area contributed by atoms with Crippen molar-refractivity contribution in [3.63, 3.8) is 0 Å². The first kappa shape index (κ1) is 11.7. The molecule has 0 radical (unpaired) electrons. The predicted octanol–water partition coefficient (Wildman–Crippen LogP) is 2.12. The highest BCUT2D eigenvalue weighted by molar-refractivity contribution is 5.16. The van der Waals surface area contributed by atoms with Crippen LogP contribution in [0.1, 0.15) is 16.8 Å². The van der Waals surface area contributed by atoms with Gasteiger partial charge in [0.25, 0.3) is 0 Å². The molecule has 3 nitrogen and oxygen atoms in total. The van der Waals surface area contributed by atoms with Gasteiger partial charge in [-0.05, 0) is 30.2 Å². The molecule has 0 aliphatic carbocycles. The summed E-state index contributed by atoms with van der Waals surface area (Å²) in [6.45, 7) is 3.86. The second-order valence-corrected chi connectivity index (χ2v) is 4.12. The van der Waals surface area contributed by atoms with Gasteiger partial charge in [-0.1, -0.05) is 12.1 Å². The van der Waals surface area contributed by atoms with Crippen LogP contribution >= 0.6 is 0 Å². The van der Waals surface area contributed by atoms with Gasteiger partial charge in [-0.15, -0.1) is 0 Å². The minimum atomic E-state index is 0.863. The van der Waals surface area contributed by atoms with Crippen molar-refractivity contribution in [3.05, 3.63) is 59.7 Å². The number of aryl methyl sites for hydroxylation is 1. The number of nitrogens with one attached hydrogen (secondary N) is 1. The van der Waals surface area contributed by atoms with Crippen LogP contribution < -0.4 is 5.32 Å². The van der Waals surface area contributed by atoms with Crippen molar-refractivity contribution in [2.45, 2.75) is 19.9 Å². The Kier molecular flexibility index (Phi) is 4.22. The fraction of sp³-hybridized carbons (Fsp3) is 0.286. The van der Waals surface area contributed by atoms with Gasteiger partial charge in [0.2, 0.25) is 0 Å². The number of hydrogen-bond acceptors (Lipinski definition) is 3. The van der Waals surface area contributed by atoms with Gasteiger partial charge < -0.3 is 5.32 Å². The molecule has 0 saturated heterocycles. The zero-order valence-corrected chi connectivity index (χ0v) is 10.1. The van der Waals surface area contributed by atoms with Gasteiger partial charge in [0.05, 0.1) is 0 Å². The fourth-order valence-corrected chi connectivity index (χ4v) is 1.71. The molecular formula is C14H17N3. The summed E-state index contributed by atoms with van der Waals surface area (Å²) in [6, 6.07) is 8.17. The lowest BCUT2D eigenvalue weighted by atomic mass is 10.2. The van der Waals surface area contributed by atoms with Crippen molar-refractivity contribution in [2.24, 2.45) is 0 Å². The molecule has 0 unspecified atom stereocenters. The normalized spacial score (nSPS) is 10.4. The number of pyridine rings is 2. The minimum Gasteiger partial charge on any atom is -0.312 e. The van der Waals surface area contributed by atoms with E-state index in [1.807, 2.05) is 30.7 Å². The number of hydrogen-bond donors (Lipinski definition) is 1. The SMILES string of the molecule is Cc1cncc(CNCCc2ccccn2)c1. The summed E-state index contributed by atoms with van der Waals surface area (Å²) in [4.78, 5) is 8.45. The lowest BCUT2D eigenvalue weighted by molar-refractivity contribution is 0.678. The summed E-state index contributed by atoms with van der Waals surface area (Å²) in [7, 11) is 0. The van der Waals surface area contributed by atoms with Crippen LogP contribution in [0.3, 0.4) is 0 Å². The van der Waals surface area contributed by atoms with Gasteiger partial charge in [-0.25, -0.2) is 0 Å². The van der Waals surface area contributed by atoms with Crippen LogP contribution in [0, 0.1) is 6.92 Å². The van der Waals surface area contributed by atoms with Crippen LogP contribution in [-0.2, 0) is 13.0 Å². The minimum absolute atomic E-state index is 0.863. The first-order valence-corrected chi connectivity index (χ1v) is 5.86. The summed E-state index contributed by atoms with van der Waals surface area (Å²) in [5.41, 5.74) is 3.56. The van der Waals surface area contributed by atoms with E-state index < -0.39 is 0 Å². The zero-order chi connectivity index (χ0) is 11.9. The van der Waals surface area contributed by atoms with Crippen LogP contribution in [0.25, 0.3) is 0 Å². The van der Waals surface area contributed by atoms with Crippen LogP contribution in [0.5, 0.6) is 0 Å². The Morgan fingerprint density at radius 3 is 2.94 bits per heavy atom. The monoisotopic (exact) mass is 227 g/mol. The highest BCUT2D eigenvalue weighted by atomic mass is 14.9. The molecule has 3 heteroatoms. The lowest BCUT2D eigenvalue weighted by Gasteiger charge is -2.05. The largest absolute Gasteiger partial charge is 0.312 e. The van der Waals surface area contributed by atoms with Gasteiger partial charge >= 0.3 is 0 Å². The average Bonchev–Trinajstić information content (AvgIpc) is 2.36. The first-order valence-electron chi connectivity index (χ1n) is 5.86. The van der Waals surface area contributed by atoms with E-state index in [0.717, 1.165) is 25.2 Å². The van der Waals surface area contributed by atoms with E-state index in [1.54, 1.807) is 0 Å². The molecule has 0 fully saturated rings. The zero-order valence-electron chi connectivity index (χ0n) is 10.1. The van der Waals surface area contributed by atoms with E-state index in [-0.39, 0.29) is 0 Å². The van der Waals surface area contributed by atoms with E-state index in [4.69, 9.17) is 0 Å². The van der Waals surface area contributed by atoms with Crippen LogP contribution in [0.4, 0.5) is 0 Å². The van der Waals surface area contributed by atoms with Gasteiger partial charge in [-0.2, -0.15) is 0 Å². The predicted molar refractivity (Wildman–Crippen MR) is 68.6 cm³/mol. The average molecular weight is 227 g/mol. The molecule has 2 aromatic rings. The Labute approximate surface area is 102 Å². The molecular weight excluding hydrogens is 210 g/mol. The maximum absolute atomic E-state index is 4.29. The number of nitrogens with zero attached hydrogens (tertiary/aromatic N) is 2. The van der Waals surface area contributed by atoms with Crippen molar-refractivity contribution in [1.29, 1.82) is 0 Å². The molecule has 0 aliphatic rings. The van der Waals surface area contributed by atoms with E-state index in [2.05, 4.69) is 34.3 Å². The van der Waals surface area contributed by atoms with E-state index in [9.17, 15) is 0 Å². The van der Waals surface area contributed by atoms with Crippen molar-refractivity contribution in [1.82, 2.24) is 15.3 Å². The van der Waals surface area contributed by atoms with Crippen molar-refractivity contribution in [2.75, 3.05) is 6.54 Å². The van der Waals surface area contributed by atoms with Gasteiger partial charge in [0, 0.05) is 43.8 Å². The highest BCUT2D eigenvalue weighted by Crippen LogP contribution is 2.00. The molecule has 1 N–H and O–H groups in total. The van der Waals surface area contributed by atoms with Crippen LogP contribution in [0.15, 0.2) is 42.9 Å². The molecule has 0 saturated carbocycles.